The van der Waals surface area contributed by atoms with E-state index in [4.69, 9.17) is 5.11 Å². The van der Waals surface area contributed by atoms with Crippen molar-refractivity contribution in [2.45, 2.75) is 4.90 Å². The van der Waals surface area contributed by atoms with Gasteiger partial charge >= 0.3 is 35.5 Å². The van der Waals surface area contributed by atoms with E-state index in [1.54, 1.807) is 0 Å². The second-order valence-corrected chi connectivity index (χ2v) is 3.66. The van der Waals surface area contributed by atoms with Gasteiger partial charge in [-0.15, -0.1) is 0 Å². The molecule has 0 aliphatic heterocycles. The Morgan fingerprint density at radius 2 is 1.64 bits per heavy atom. The van der Waals surface area contributed by atoms with Crippen LogP contribution in [0.4, 0.5) is 0 Å². The molecular weight excluding hydrogens is 219 g/mol. The van der Waals surface area contributed by atoms with Gasteiger partial charge in [-0.25, -0.2) is 13.2 Å². The van der Waals surface area contributed by atoms with E-state index in [-0.39, 0.29) is 35.1 Å². The number of benzene rings is 1. The van der Waals surface area contributed by atoms with Gasteiger partial charge in [0.2, 0.25) is 0 Å². The number of rotatable bonds is 2. The normalized spacial score (nSPS) is 10.4. The molecule has 0 saturated carbocycles. The summed E-state index contributed by atoms with van der Waals surface area (Å²) >= 11 is 0. The molecule has 0 aromatic heterocycles. The van der Waals surface area contributed by atoms with Crippen LogP contribution < -0.4 is 29.6 Å². The molecule has 0 atom stereocenters. The molecule has 1 N–H and O–H groups in total. The maximum atomic E-state index is 10.4. The van der Waals surface area contributed by atoms with Crippen molar-refractivity contribution in [3.05, 3.63) is 29.8 Å². The van der Waals surface area contributed by atoms with Crippen molar-refractivity contribution in [2.24, 2.45) is 0 Å². The zero-order valence-corrected chi connectivity index (χ0v) is 10.1. The molecule has 14 heavy (non-hydrogen) atoms. The predicted molar refractivity (Wildman–Crippen MR) is 41.4 cm³/mol. The van der Waals surface area contributed by atoms with E-state index < -0.39 is 21.0 Å². The molecule has 1 rings (SSSR count). The van der Waals surface area contributed by atoms with E-state index in [2.05, 4.69) is 0 Å². The van der Waals surface area contributed by atoms with Crippen LogP contribution in [0, 0.1) is 0 Å². The molecule has 0 fully saturated rings. The second kappa shape index (κ2) is 4.90. The largest absolute Gasteiger partial charge is 1.00 e. The van der Waals surface area contributed by atoms with Crippen LogP contribution in [0.5, 0.6) is 0 Å². The average Bonchev–Trinajstić information content (AvgIpc) is 2.03. The average molecular weight is 224 g/mol. The summed E-state index contributed by atoms with van der Waals surface area (Å²) in [7, 11) is -4.49. The van der Waals surface area contributed by atoms with Crippen LogP contribution >= 0.6 is 0 Å². The maximum Gasteiger partial charge on any atom is 1.00 e. The Morgan fingerprint density at radius 3 is 1.93 bits per heavy atom. The van der Waals surface area contributed by atoms with Gasteiger partial charge in [0.05, 0.1) is 10.5 Å². The topological polar surface area (TPSA) is 94.5 Å². The zero-order chi connectivity index (χ0) is 10.1. The van der Waals surface area contributed by atoms with Crippen LogP contribution in [0.25, 0.3) is 0 Å². The van der Waals surface area contributed by atoms with Crippen molar-refractivity contribution in [1.82, 2.24) is 0 Å². The molecule has 1 aromatic rings. The molecule has 0 bridgehead atoms. The molecule has 0 aliphatic carbocycles. The van der Waals surface area contributed by atoms with Crippen LogP contribution in [0.15, 0.2) is 29.2 Å². The number of carbonyl (C=O) groups is 1. The molecule has 0 amide bonds. The van der Waals surface area contributed by atoms with E-state index >= 15 is 0 Å². The fraction of sp³-hybridized carbons (Fsp3) is 0. The second-order valence-electron chi connectivity index (χ2n) is 2.28. The third-order valence-corrected chi connectivity index (χ3v) is 2.24. The van der Waals surface area contributed by atoms with Crippen LogP contribution in [0.2, 0.25) is 0 Å². The van der Waals surface area contributed by atoms with Crippen LogP contribution in [0.3, 0.4) is 0 Å². The summed E-state index contributed by atoms with van der Waals surface area (Å²) < 4.78 is 31.2. The summed E-state index contributed by atoms with van der Waals surface area (Å²) in [6.45, 7) is 0. The Labute approximate surface area is 103 Å². The first-order valence-corrected chi connectivity index (χ1v) is 4.61. The molecule has 0 heterocycles. The first-order valence-electron chi connectivity index (χ1n) is 3.20. The Bertz CT molecular complexity index is 422. The van der Waals surface area contributed by atoms with Gasteiger partial charge in [-0.2, -0.15) is 0 Å². The molecular formula is C7H5NaO5S. The maximum absolute atomic E-state index is 10.4. The molecule has 0 unspecified atom stereocenters. The molecule has 0 saturated heterocycles. The number of aromatic carboxylic acids is 1. The first-order chi connectivity index (χ1) is 5.91. The third kappa shape index (κ3) is 3.39. The molecule has 0 radical (unpaired) electrons. The fourth-order valence-corrected chi connectivity index (χ4v) is 1.23. The third-order valence-electron chi connectivity index (χ3n) is 1.39. The van der Waals surface area contributed by atoms with Crippen molar-refractivity contribution in [1.29, 1.82) is 0 Å². The molecule has 0 spiro atoms. The van der Waals surface area contributed by atoms with E-state index in [9.17, 15) is 17.8 Å². The summed E-state index contributed by atoms with van der Waals surface area (Å²) in [5.74, 6) is -1.17. The summed E-state index contributed by atoms with van der Waals surface area (Å²) in [6.07, 6.45) is 0. The van der Waals surface area contributed by atoms with Crippen LogP contribution in [-0.4, -0.2) is 24.0 Å². The predicted octanol–water partition coefficient (Wildman–Crippen LogP) is -2.71. The van der Waals surface area contributed by atoms with Crippen molar-refractivity contribution in [3.63, 3.8) is 0 Å². The Morgan fingerprint density at radius 1 is 1.21 bits per heavy atom. The number of hydrogen-bond acceptors (Lipinski definition) is 4. The molecule has 1 aromatic carbocycles. The molecule has 5 nitrogen and oxygen atoms in total. The summed E-state index contributed by atoms with van der Waals surface area (Å²) in [6, 6.07) is 4.05. The molecule has 0 aliphatic rings. The summed E-state index contributed by atoms with van der Waals surface area (Å²) in [5, 5.41) is 8.45. The van der Waals surface area contributed by atoms with Gasteiger partial charge < -0.3 is 9.66 Å². The van der Waals surface area contributed by atoms with Gasteiger partial charge in [0.15, 0.2) is 0 Å². The number of carboxylic acids is 1. The SMILES string of the molecule is O=C(O)c1ccc(S(=O)(=O)[O-])cc1.[Na+]. The number of carboxylic acid groups (broad SMARTS) is 1. The van der Waals surface area contributed by atoms with Crippen LogP contribution in [0.1, 0.15) is 10.4 Å². The van der Waals surface area contributed by atoms with Crippen molar-refractivity contribution < 1.29 is 52.4 Å². The Hall–Kier alpha value is -0.400. The van der Waals surface area contributed by atoms with Gasteiger partial charge in [0.1, 0.15) is 10.1 Å². The van der Waals surface area contributed by atoms with E-state index in [1.165, 1.54) is 0 Å². The number of hydrogen-bond donors (Lipinski definition) is 1. The quantitative estimate of drug-likeness (QED) is 0.435. The standard InChI is InChI=1S/C7H6O5S.Na/c8-7(9)5-1-3-6(4-2-5)13(10,11)12;/h1-4H,(H,8,9)(H,10,11,12);/q;+1/p-1. The minimum Gasteiger partial charge on any atom is -0.744 e. The van der Waals surface area contributed by atoms with Crippen molar-refractivity contribution >= 4 is 16.1 Å². The van der Waals surface area contributed by atoms with Crippen LogP contribution in [-0.2, 0) is 10.1 Å². The van der Waals surface area contributed by atoms with Crippen molar-refractivity contribution in [3.8, 4) is 0 Å². The minimum absolute atomic E-state index is 0. The summed E-state index contributed by atoms with van der Waals surface area (Å²) in [4.78, 5) is 9.90. The fourth-order valence-electron chi connectivity index (χ4n) is 0.764. The van der Waals surface area contributed by atoms with Gasteiger partial charge in [-0.05, 0) is 24.3 Å². The van der Waals surface area contributed by atoms with Crippen molar-refractivity contribution in [2.75, 3.05) is 0 Å². The smallest absolute Gasteiger partial charge is 0.744 e. The van der Waals surface area contributed by atoms with Gasteiger partial charge in [-0.3, -0.25) is 0 Å². The monoisotopic (exact) mass is 224 g/mol. The van der Waals surface area contributed by atoms with Gasteiger partial charge in [-0.1, -0.05) is 0 Å². The first kappa shape index (κ1) is 13.6. The Balaban J connectivity index is 0.00000169. The minimum atomic E-state index is -4.49. The van der Waals surface area contributed by atoms with E-state index in [0.29, 0.717) is 0 Å². The van der Waals surface area contributed by atoms with E-state index in [1.807, 2.05) is 0 Å². The summed E-state index contributed by atoms with van der Waals surface area (Å²) in [5.41, 5.74) is -0.0626. The van der Waals surface area contributed by atoms with E-state index in [0.717, 1.165) is 24.3 Å². The zero-order valence-electron chi connectivity index (χ0n) is 7.30. The van der Waals surface area contributed by atoms with Gasteiger partial charge in [0.25, 0.3) is 0 Å². The molecule has 7 heteroatoms. The molecule has 70 valence electrons. The van der Waals surface area contributed by atoms with Gasteiger partial charge in [0, 0.05) is 0 Å². The Kier molecular flexibility index (Phi) is 4.76.